The summed E-state index contributed by atoms with van der Waals surface area (Å²) in [6.45, 7) is 0.184. The van der Waals surface area contributed by atoms with Crippen LogP contribution >= 0.6 is 35.0 Å². The molecule has 1 amide bonds. The predicted molar refractivity (Wildman–Crippen MR) is 131 cm³/mol. The fourth-order valence-electron chi connectivity index (χ4n) is 2.94. The quantitative estimate of drug-likeness (QED) is 0.385. The van der Waals surface area contributed by atoms with Crippen LogP contribution in [0.1, 0.15) is 11.1 Å². The minimum Gasteiger partial charge on any atom is -0.497 e. The summed E-state index contributed by atoms with van der Waals surface area (Å²) in [5, 5.41) is 3.80. The van der Waals surface area contributed by atoms with Crippen molar-refractivity contribution in [3.8, 4) is 11.5 Å². The average molecular weight is 503 g/mol. The Labute approximate surface area is 204 Å². The first-order valence-corrected chi connectivity index (χ1v) is 11.3. The largest absolute Gasteiger partial charge is 0.497 e. The minimum absolute atomic E-state index is 0.184. The van der Waals surface area contributed by atoms with Crippen LogP contribution < -0.4 is 14.8 Å². The molecule has 0 aliphatic carbocycles. The van der Waals surface area contributed by atoms with Crippen LogP contribution in [0.3, 0.4) is 0 Å². The first-order chi connectivity index (χ1) is 15.9. The first kappa shape index (κ1) is 23.2. The number of carbonyl (C=O) groups is 1. The van der Waals surface area contributed by atoms with Crippen molar-refractivity contribution in [3.05, 3.63) is 92.6 Å². The number of rotatable bonds is 6. The smallest absolute Gasteiger partial charge is 0.264 e. The van der Waals surface area contributed by atoms with Crippen molar-refractivity contribution in [2.24, 2.45) is 4.99 Å². The fraction of sp³-hybridized carbons (Fsp3) is 0.0833. The molecule has 0 saturated carbocycles. The third-order valence-electron chi connectivity index (χ3n) is 4.57. The van der Waals surface area contributed by atoms with E-state index in [-0.39, 0.29) is 18.3 Å². The molecule has 1 saturated heterocycles. The lowest BCUT2D eigenvalue weighted by Crippen LogP contribution is -2.19. The Morgan fingerprint density at radius 3 is 2.36 bits per heavy atom. The topological polar surface area (TPSA) is 59.9 Å². The second-order valence-corrected chi connectivity index (χ2v) is 8.75. The first-order valence-electron chi connectivity index (χ1n) is 9.71. The summed E-state index contributed by atoms with van der Waals surface area (Å²) in [7, 11) is 1.59. The highest BCUT2D eigenvalue weighted by molar-refractivity contribution is 8.18. The number of nitrogens with zero attached hydrogens (tertiary/aromatic N) is 1. The zero-order chi connectivity index (χ0) is 23.4. The van der Waals surface area contributed by atoms with E-state index in [1.807, 2.05) is 0 Å². The van der Waals surface area contributed by atoms with Gasteiger partial charge in [-0.15, -0.1) is 0 Å². The van der Waals surface area contributed by atoms with Gasteiger partial charge >= 0.3 is 0 Å². The van der Waals surface area contributed by atoms with Gasteiger partial charge in [-0.25, -0.2) is 9.38 Å². The van der Waals surface area contributed by atoms with E-state index in [1.54, 1.807) is 61.7 Å². The number of halogens is 3. The van der Waals surface area contributed by atoms with Gasteiger partial charge in [0.2, 0.25) is 0 Å². The molecule has 1 aliphatic heterocycles. The van der Waals surface area contributed by atoms with Gasteiger partial charge in [0.1, 0.15) is 18.2 Å². The van der Waals surface area contributed by atoms with E-state index in [1.165, 1.54) is 23.9 Å². The van der Waals surface area contributed by atoms with Crippen molar-refractivity contribution in [3.63, 3.8) is 0 Å². The Balaban J connectivity index is 1.48. The van der Waals surface area contributed by atoms with Crippen LogP contribution in [0, 0.1) is 5.82 Å². The van der Waals surface area contributed by atoms with Gasteiger partial charge in [0.05, 0.1) is 27.7 Å². The summed E-state index contributed by atoms with van der Waals surface area (Å²) in [4.78, 5) is 17.3. The molecular weight excluding hydrogens is 486 g/mol. The van der Waals surface area contributed by atoms with E-state index in [0.29, 0.717) is 37.1 Å². The van der Waals surface area contributed by atoms with Crippen molar-refractivity contribution < 1.29 is 18.7 Å². The molecule has 3 aromatic rings. The lowest BCUT2D eigenvalue weighted by molar-refractivity contribution is -0.115. The van der Waals surface area contributed by atoms with Crippen LogP contribution in [-0.2, 0) is 11.4 Å². The molecule has 9 heteroatoms. The van der Waals surface area contributed by atoms with Gasteiger partial charge in [-0.3, -0.25) is 4.79 Å². The maximum atomic E-state index is 13.0. The molecule has 1 aliphatic rings. The number of hydrogen-bond donors (Lipinski definition) is 1. The van der Waals surface area contributed by atoms with Gasteiger partial charge in [-0.05, 0) is 77.5 Å². The molecule has 4 rings (SSSR count). The number of carbonyl (C=O) groups excluding carboxylic acids is 1. The van der Waals surface area contributed by atoms with Gasteiger partial charge in [0, 0.05) is 0 Å². The molecule has 0 radical (unpaired) electrons. The Bertz CT molecular complexity index is 1220. The zero-order valence-electron chi connectivity index (χ0n) is 17.3. The summed E-state index contributed by atoms with van der Waals surface area (Å²) in [5.74, 6) is 0.450. The predicted octanol–water partition coefficient (Wildman–Crippen LogP) is 6.61. The maximum absolute atomic E-state index is 13.0. The number of methoxy groups -OCH3 is 1. The van der Waals surface area contributed by atoms with E-state index in [9.17, 15) is 9.18 Å². The monoisotopic (exact) mass is 502 g/mol. The number of hydrogen-bond acceptors (Lipinski definition) is 5. The highest BCUT2D eigenvalue weighted by Gasteiger charge is 2.24. The van der Waals surface area contributed by atoms with Crippen LogP contribution in [-0.4, -0.2) is 18.2 Å². The van der Waals surface area contributed by atoms with Gasteiger partial charge < -0.3 is 14.8 Å². The molecule has 33 heavy (non-hydrogen) atoms. The zero-order valence-corrected chi connectivity index (χ0v) is 19.6. The van der Waals surface area contributed by atoms with Gasteiger partial charge in [0.15, 0.2) is 10.9 Å². The molecule has 0 atom stereocenters. The van der Waals surface area contributed by atoms with Gasteiger partial charge in [-0.2, -0.15) is 0 Å². The van der Waals surface area contributed by atoms with Gasteiger partial charge in [-0.1, -0.05) is 35.3 Å². The molecule has 0 bridgehead atoms. The van der Waals surface area contributed by atoms with Crippen LogP contribution in [0.4, 0.5) is 10.1 Å². The molecule has 0 spiro atoms. The summed E-state index contributed by atoms with van der Waals surface area (Å²) in [6.07, 6.45) is 1.68. The SMILES string of the molecule is COc1ccc(N=C2NC(=O)/C(=C\c3cc(Cl)c(OCc4ccc(F)cc4)c(Cl)c3)S2)cc1. The second-order valence-electron chi connectivity index (χ2n) is 6.91. The van der Waals surface area contributed by atoms with E-state index >= 15 is 0 Å². The van der Waals surface area contributed by atoms with Crippen LogP contribution in [0.5, 0.6) is 11.5 Å². The lowest BCUT2D eigenvalue weighted by Gasteiger charge is -2.11. The Morgan fingerprint density at radius 2 is 1.73 bits per heavy atom. The number of aliphatic imine (C=N–C) groups is 1. The standard InChI is InChI=1S/C24H17Cl2FN2O3S/c1-31-18-8-6-17(7-9-18)28-24-29-23(30)21(33-24)12-15-10-19(25)22(20(26)11-15)32-13-14-2-4-16(27)5-3-14/h2-12H,13H2,1H3,(H,28,29,30)/b21-12+. The van der Waals surface area contributed by atoms with Crippen molar-refractivity contribution in [1.82, 2.24) is 5.32 Å². The summed E-state index contributed by atoms with van der Waals surface area (Å²) in [5.41, 5.74) is 2.11. The normalized spacial score (nSPS) is 15.7. The number of ether oxygens (including phenoxy) is 2. The average Bonchev–Trinajstić information content (AvgIpc) is 3.13. The Morgan fingerprint density at radius 1 is 1.06 bits per heavy atom. The molecule has 1 N–H and O–H groups in total. The highest BCUT2D eigenvalue weighted by atomic mass is 35.5. The number of thioether (sulfide) groups is 1. The van der Waals surface area contributed by atoms with Gasteiger partial charge in [0.25, 0.3) is 5.91 Å². The van der Waals surface area contributed by atoms with Crippen molar-refractivity contribution in [2.75, 3.05) is 7.11 Å². The van der Waals surface area contributed by atoms with Crippen molar-refractivity contribution >= 4 is 57.8 Å². The fourth-order valence-corrected chi connectivity index (χ4v) is 4.40. The second kappa shape index (κ2) is 10.3. The maximum Gasteiger partial charge on any atom is 0.264 e. The van der Waals surface area contributed by atoms with Crippen LogP contribution in [0.25, 0.3) is 6.08 Å². The molecule has 0 aromatic heterocycles. The van der Waals surface area contributed by atoms with E-state index in [0.717, 1.165) is 11.3 Å². The summed E-state index contributed by atoms with van der Waals surface area (Å²) in [6, 6.07) is 16.5. The Kier molecular flexibility index (Phi) is 7.23. The molecule has 1 fully saturated rings. The number of amidine groups is 1. The van der Waals surface area contributed by atoms with E-state index < -0.39 is 0 Å². The van der Waals surface area contributed by atoms with E-state index in [4.69, 9.17) is 32.7 Å². The third kappa shape index (κ3) is 5.87. The minimum atomic E-state index is -0.321. The summed E-state index contributed by atoms with van der Waals surface area (Å²) >= 11 is 14.0. The number of amides is 1. The van der Waals surface area contributed by atoms with Crippen molar-refractivity contribution in [2.45, 2.75) is 6.61 Å². The molecule has 0 unspecified atom stereocenters. The molecule has 5 nitrogen and oxygen atoms in total. The van der Waals surface area contributed by atoms with Crippen molar-refractivity contribution in [1.29, 1.82) is 0 Å². The third-order valence-corrected chi connectivity index (χ3v) is 6.04. The molecule has 168 valence electrons. The Hall–Kier alpha value is -3.00. The number of benzene rings is 3. The summed E-state index contributed by atoms with van der Waals surface area (Å²) < 4.78 is 23.9. The highest BCUT2D eigenvalue weighted by Crippen LogP contribution is 2.37. The van der Waals surface area contributed by atoms with Crippen LogP contribution in [0.15, 0.2) is 70.6 Å². The van der Waals surface area contributed by atoms with E-state index in [2.05, 4.69) is 10.3 Å². The molecule has 1 heterocycles. The lowest BCUT2D eigenvalue weighted by atomic mass is 10.2. The number of nitrogens with one attached hydrogen (secondary N) is 1. The molecule has 3 aromatic carbocycles. The van der Waals surface area contributed by atoms with Crippen LogP contribution in [0.2, 0.25) is 10.0 Å². The molecular formula is C24H17Cl2FN2O3S.